The topological polar surface area (TPSA) is 24.7 Å². The van der Waals surface area contributed by atoms with E-state index in [0.717, 1.165) is 67.7 Å². The summed E-state index contributed by atoms with van der Waals surface area (Å²) < 4.78 is 0. The maximum atomic E-state index is 5.20. The maximum absolute atomic E-state index is 5.20. The Balaban J connectivity index is 0.00000612. The maximum Gasteiger partial charge on any atom is 0.0636 e. The Morgan fingerprint density at radius 2 is 0.971 bits per heavy atom. The van der Waals surface area contributed by atoms with E-state index < -0.39 is 0 Å². The van der Waals surface area contributed by atoms with Gasteiger partial charge in [-0.15, -0.1) is 0 Å². The molecule has 35 heavy (non-hydrogen) atoms. The van der Waals surface area contributed by atoms with Crippen LogP contribution in [0.2, 0.25) is 0 Å². The van der Waals surface area contributed by atoms with Gasteiger partial charge in [0.25, 0.3) is 0 Å². The Morgan fingerprint density at radius 3 is 1.37 bits per heavy atom. The molecule has 2 aromatic rings. The summed E-state index contributed by atoms with van der Waals surface area (Å²) >= 11 is 0. The van der Waals surface area contributed by atoms with Gasteiger partial charge in [0.05, 0.1) is 22.8 Å². The molecule has 2 rings (SSSR count). The van der Waals surface area contributed by atoms with E-state index >= 15 is 0 Å². The summed E-state index contributed by atoms with van der Waals surface area (Å²) in [6.45, 7) is 13.5. The number of hydrogen-bond acceptors (Lipinski definition) is 2. The van der Waals surface area contributed by atoms with Crippen LogP contribution in [0.4, 0.5) is 11.4 Å². The summed E-state index contributed by atoms with van der Waals surface area (Å²) in [5, 5.41) is 0. The number of rotatable bonds is 15. The van der Waals surface area contributed by atoms with Crippen molar-refractivity contribution in [2.24, 2.45) is 9.98 Å². The van der Waals surface area contributed by atoms with Gasteiger partial charge in [-0.25, -0.2) is 0 Å². The third kappa shape index (κ3) is 10.0. The molecule has 0 saturated carbocycles. The molecule has 0 aliphatic rings. The smallest absolute Gasteiger partial charge is 0.0636 e. The fraction of sp³-hybridized carbons (Fsp3) is 0.562. The predicted molar refractivity (Wildman–Crippen MR) is 153 cm³/mol. The molecule has 0 aliphatic heterocycles. The SMILES string of the molecule is CCCCC(=N\c1ccc(CCC)c(CCC)c1)/C(CC)=N/c1ccc(CCC)c(CCC)c1.[Ni]. The summed E-state index contributed by atoms with van der Waals surface area (Å²) in [7, 11) is 0. The Kier molecular flexibility index (Phi) is 15.8. The van der Waals surface area contributed by atoms with Gasteiger partial charge in [-0.05, 0) is 91.5 Å². The Bertz CT molecular complexity index is 943. The van der Waals surface area contributed by atoms with E-state index in [2.05, 4.69) is 77.9 Å². The first-order valence-electron chi connectivity index (χ1n) is 14.0. The molecule has 3 heteroatoms. The average Bonchev–Trinajstić information content (AvgIpc) is 2.84. The summed E-state index contributed by atoms with van der Waals surface area (Å²) in [5.41, 5.74) is 10.3. The zero-order valence-electron chi connectivity index (χ0n) is 23.2. The Morgan fingerprint density at radius 1 is 0.543 bits per heavy atom. The number of hydrogen-bond donors (Lipinski definition) is 0. The summed E-state index contributed by atoms with van der Waals surface area (Å²) in [4.78, 5) is 10.4. The molecule has 0 fully saturated rings. The van der Waals surface area contributed by atoms with Gasteiger partial charge in [0.15, 0.2) is 0 Å². The molecule has 196 valence electrons. The molecule has 0 N–H and O–H groups in total. The van der Waals surface area contributed by atoms with Crippen molar-refractivity contribution in [3.8, 4) is 0 Å². The van der Waals surface area contributed by atoms with E-state index in [1.54, 1.807) is 0 Å². The van der Waals surface area contributed by atoms with Crippen LogP contribution in [0.3, 0.4) is 0 Å². The average molecular weight is 519 g/mol. The van der Waals surface area contributed by atoms with Crippen molar-refractivity contribution in [2.45, 2.75) is 119 Å². The summed E-state index contributed by atoms with van der Waals surface area (Å²) in [6.07, 6.45) is 13.5. The van der Waals surface area contributed by atoms with E-state index in [9.17, 15) is 0 Å². The minimum atomic E-state index is 0. The molecule has 2 nitrogen and oxygen atoms in total. The van der Waals surface area contributed by atoms with Gasteiger partial charge in [0.2, 0.25) is 0 Å². The van der Waals surface area contributed by atoms with Crippen LogP contribution in [0.1, 0.15) is 115 Å². The molecule has 0 unspecified atom stereocenters. The van der Waals surface area contributed by atoms with E-state index in [1.165, 1.54) is 54.4 Å². The number of aryl methyl sites for hydroxylation is 4. The van der Waals surface area contributed by atoms with Crippen LogP contribution < -0.4 is 0 Å². The van der Waals surface area contributed by atoms with Crippen LogP contribution in [-0.4, -0.2) is 11.4 Å². The Hall–Kier alpha value is -1.73. The van der Waals surface area contributed by atoms with Crippen LogP contribution in [-0.2, 0) is 42.2 Å². The molecule has 0 aliphatic carbocycles. The van der Waals surface area contributed by atoms with Crippen molar-refractivity contribution >= 4 is 22.8 Å². The van der Waals surface area contributed by atoms with Crippen LogP contribution in [0.25, 0.3) is 0 Å². The fourth-order valence-corrected chi connectivity index (χ4v) is 4.66. The largest absolute Gasteiger partial charge is 0.252 e. The molecule has 0 aromatic heterocycles. The number of aliphatic imine (C=N–C) groups is 2. The molecular weight excluding hydrogens is 471 g/mol. The minimum absolute atomic E-state index is 0. The molecule has 0 amide bonds. The van der Waals surface area contributed by atoms with Gasteiger partial charge in [-0.3, -0.25) is 9.98 Å². The molecule has 0 spiro atoms. The first-order valence-corrected chi connectivity index (χ1v) is 14.0. The number of nitrogens with zero attached hydrogens (tertiary/aromatic N) is 2. The van der Waals surface area contributed by atoms with Crippen LogP contribution in [0, 0.1) is 0 Å². The third-order valence-electron chi connectivity index (χ3n) is 6.42. The van der Waals surface area contributed by atoms with Crippen molar-refractivity contribution in [1.29, 1.82) is 0 Å². The van der Waals surface area contributed by atoms with Gasteiger partial charge in [0.1, 0.15) is 0 Å². The van der Waals surface area contributed by atoms with Gasteiger partial charge < -0.3 is 0 Å². The standard InChI is InChI=1S/C32H48N2.Ni/c1-7-13-18-32(34-30-22-20-26(15-9-3)28(24-30)17-11-5)31(12-6)33-29-21-19-25(14-8-2)27(23-29)16-10-4;/h19-24H,7-18H2,1-6H3;/b33-31+,34-32+;. The number of unbranched alkanes of at least 4 members (excludes halogenated alkanes) is 1. The van der Waals surface area contributed by atoms with Gasteiger partial charge in [0, 0.05) is 16.5 Å². The zero-order valence-corrected chi connectivity index (χ0v) is 24.1. The molecule has 0 atom stereocenters. The monoisotopic (exact) mass is 518 g/mol. The van der Waals surface area contributed by atoms with Crippen molar-refractivity contribution in [2.75, 3.05) is 0 Å². The van der Waals surface area contributed by atoms with E-state index in [1.807, 2.05) is 0 Å². The van der Waals surface area contributed by atoms with Crippen molar-refractivity contribution in [3.63, 3.8) is 0 Å². The second-order valence-corrected chi connectivity index (χ2v) is 9.48. The normalized spacial score (nSPS) is 12.1. The van der Waals surface area contributed by atoms with Crippen molar-refractivity contribution in [3.05, 3.63) is 58.7 Å². The second-order valence-electron chi connectivity index (χ2n) is 9.48. The van der Waals surface area contributed by atoms with Crippen LogP contribution in [0.5, 0.6) is 0 Å². The summed E-state index contributed by atoms with van der Waals surface area (Å²) in [5.74, 6) is 0. The van der Waals surface area contributed by atoms with Gasteiger partial charge in [-0.2, -0.15) is 0 Å². The molecular formula is C32H48N2Ni. The molecule has 0 bridgehead atoms. The van der Waals surface area contributed by atoms with Crippen molar-refractivity contribution < 1.29 is 16.5 Å². The van der Waals surface area contributed by atoms with Crippen molar-refractivity contribution in [1.82, 2.24) is 0 Å². The molecule has 0 heterocycles. The first kappa shape index (κ1) is 31.3. The zero-order chi connectivity index (χ0) is 24.8. The number of benzene rings is 2. The van der Waals surface area contributed by atoms with E-state index in [4.69, 9.17) is 9.98 Å². The van der Waals surface area contributed by atoms with Gasteiger partial charge >= 0.3 is 0 Å². The molecule has 0 saturated heterocycles. The quantitative estimate of drug-likeness (QED) is 0.165. The molecule has 2 aromatic carbocycles. The Labute approximate surface area is 226 Å². The second kappa shape index (κ2) is 17.7. The van der Waals surface area contributed by atoms with E-state index in [0.29, 0.717) is 0 Å². The van der Waals surface area contributed by atoms with Crippen LogP contribution >= 0.6 is 0 Å². The fourth-order valence-electron chi connectivity index (χ4n) is 4.66. The minimum Gasteiger partial charge on any atom is -0.252 e. The summed E-state index contributed by atoms with van der Waals surface area (Å²) in [6, 6.07) is 13.7. The third-order valence-corrected chi connectivity index (χ3v) is 6.42. The van der Waals surface area contributed by atoms with Gasteiger partial charge in [-0.1, -0.05) is 85.8 Å². The van der Waals surface area contributed by atoms with E-state index in [-0.39, 0.29) is 16.5 Å². The van der Waals surface area contributed by atoms with Crippen LogP contribution in [0.15, 0.2) is 46.4 Å². The first-order chi connectivity index (χ1) is 16.6. The molecule has 0 radical (unpaired) electrons. The predicted octanol–water partition coefficient (Wildman–Crippen LogP) is 9.94.